The summed E-state index contributed by atoms with van der Waals surface area (Å²) < 4.78 is 9.83. The highest BCUT2D eigenvalue weighted by atomic mass is 35.5. The Bertz CT molecular complexity index is 833. The summed E-state index contributed by atoms with van der Waals surface area (Å²) in [5.41, 5.74) is 0.661. The van der Waals surface area contributed by atoms with E-state index < -0.39 is 24.4 Å². The number of esters is 1. The van der Waals surface area contributed by atoms with Crippen LogP contribution < -0.4 is 10.2 Å². The van der Waals surface area contributed by atoms with Crippen LogP contribution in [-0.4, -0.2) is 36.1 Å². The molecule has 0 aliphatic carbocycles. The molecule has 1 aromatic heterocycles. The van der Waals surface area contributed by atoms with Gasteiger partial charge in [-0.3, -0.25) is 14.4 Å². The number of nitrogens with zero attached hydrogens (tertiary/aromatic N) is 2. The number of amides is 2. The van der Waals surface area contributed by atoms with Crippen molar-refractivity contribution in [1.29, 1.82) is 0 Å². The number of hydrogen-bond acceptors (Lipinski definition) is 6. The van der Waals surface area contributed by atoms with Crippen molar-refractivity contribution in [2.24, 2.45) is 5.92 Å². The average molecular weight is 378 g/mol. The molecule has 0 unspecified atom stereocenters. The molecule has 1 fully saturated rings. The van der Waals surface area contributed by atoms with Gasteiger partial charge in [-0.2, -0.15) is 0 Å². The van der Waals surface area contributed by atoms with Gasteiger partial charge in [0.1, 0.15) is 5.76 Å². The quantitative estimate of drug-likeness (QED) is 0.801. The first-order valence-corrected chi connectivity index (χ1v) is 8.26. The number of aryl methyl sites for hydroxylation is 1. The van der Waals surface area contributed by atoms with Gasteiger partial charge >= 0.3 is 5.97 Å². The minimum atomic E-state index is -0.625. The first kappa shape index (κ1) is 17.9. The zero-order valence-electron chi connectivity index (χ0n) is 13.9. The summed E-state index contributed by atoms with van der Waals surface area (Å²) in [5.74, 6) is -1.15. The van der Waals surface area contributed by atoms with Gasteiger partial charge in [0.25, 0.3) is 5.91 Å². The van der Waals surface area contributed by atoms with E-state index in [4.69, 9.17) is 20.9 Å². The second kappa shape index (κ2) is 7.57. The fourth-order valence-electron chi connectivity index (χ4n) is 2.59. The van der Waals surface area contributed by atoms with Crippen molar-refractivity contribution in [3.05, 3.63) is 41.1 Å². The number of anilines is 2. The molecule has 1 atom stereocenters. The van der Waals surface area contributed by atoms with Gasteiger partial charge in [0.15, 0.2) is 12.4 Å². The minimum Gasteiger partial charge on any atom is -0.455 e. The fraction of sp³-hybridized carbons (Fsp3) is 0.294. The molecule has 0 saturated carbocycles. The average Bonchev–Trinajstić information content (AvgIpc) is 3.19. The second-order valence-electron chi connectivity index (χ2n) is 5.86. The summed E-state index contributed by atoms with van der Waals surface area (Å²) >= 11 is 5.84. The molecule has 1 aliphatic rings. The molecule has 2 amide bonds. The smallest absolute Gasteiger partial charge is 0.311 e. The number of ether oxygens (including phenoxy) is 1. The fourth-order valence-corrected chi connectivity index (χ4v) is 2.72. The van der Waals surface area contributed by atoms with E-state index in [1.165, 1.54) is 4.90 Å². The zero-order chi connectivity index (χ0) is 18.7. The largest absolute Gasteiger partial charge is 0.455 e. The summed E-state index contributed by atoms with van der Waals surface area (Å²) in [4.78, 5) is 37.6. The number of halogens is 1. The molecule has 0 bridgehead atoms. The maximum atomic E-state index is 12.1. The summed E-state index contributed by atoms with van der Waals surface area (Å²) in [6, 6.07) is 8.31. The van der Waals surface area contributed by atoms with Crippen LogP contribution in [0.2, 0.25) is 5.02 Å². The van der Waals surface area contributed by atoms with Crippen molar-refractivity contribution in [2.45, 2.75) is 13.3 Å². The molecule has 1 aromatic carbocycles. The highest BCUT2D eigenvalue weighted by Gasteiger charge is 2.36. The third-order valence-corrected chi connectivity index (χ3v) is 4.09. The lowest BCUT2D eigenvalue weighted by molar-refractivity contribution is -0.151. The Hall–Kier alpha value is -2.87. The van der Waals surface area contributed by atoms with Crippen LogP contribution in [0.5, 0.6) is 0 Å². The topological polar surface area (TPSA) is 102 Å². The van der Waals surface area contributed by atoms with Crippen LogP contribution in [0.1, 0.15) is 12.2 Å². The van der Waals surface area contributed by atoms with Crippen LogP contribution in [0, 0.1) is 12.8 Å². The lowest BCUT2D eigenvalue weighted by atomic mass is 10.1. The van der Waals surface area contributed by atoms with Gasteiger partial charge < -0.3 is 19.5 Å². The molecule has 1 N–H and O–H groups in total. The zero-order valence-corrected chi connectivity index (χ0v) is 14.7. The summed E-state index contributed by atoms with van der Waals surface area (Å²) in [6.45, 7) is 1.42. The van der Waals surface area contributed by atoms with Crippen molar-refractivity contribution in [3.8, 4) is 0 Å². The standard InChI is InChI=1S/C17H16ClN3O5/c1-10-6-14(20-26-10)19-15(22)9-25-17(24)11-7-16(23)21(8-11)13-4-2-12(18)3-5-13/h2-6,11H,7-9H2,1H3,(H,19,20,22)/t11-/m0/s1. The van der Waals surface area contributed by atoms with Crippen molar-refractivity contribution >= 4 is 40.9 Å². The first-order chi connectivity index (χ1) is 12.4. The SMILES string of the molecule is Cc1cc(NC(=O)COC(=O)[C@H]2CC(=O)N(c3ccc(Cl)cc3)C2)no1. The predicted octanol–water partition coefficient (Wildman–Crippen LogP) is 2.17. The lowest BCUT2D eigenvalue weighted by Gasteiger charge is -2.16. The normalized spacial score (nSPS) is 16.6. The molecule has 1 saturated heterocycles. The number of rotatable bonds is 5. The Balaban J connectivity index is 1.51. The van der Waals surface area contributed by atoms with E-state index in [1.807, 2.05) is 0 Å². The number of carbonyl (C=O) groups excluding carboxylic acids is 3. The molecule has 8 nitrogen and oxygen atoms in total. The van der Waals surface area contributed by atoms with Crippen LogP contribution in [0.3, 0.4) is 0 Å². The number of carbonyl (C=O) groups is 3. The van der Waals surface area contributed by atoms with Gasteiger partial charge in [0.05, 0.1) is 5.92 Å². The van der Waals surface area contributed by atoms with Crippen LogP contribution in [0.4, 0.5) is 11.5 Å². The molecule has 0 radical (unpaired) electrons. The van der Waals surface area contributed by atoms with E-state index in [2.05, 4.69) is 10.5 Å². The number of hydrogen-bond donors (Lipinski definition) is 1. The molecule has 0 spiro atoms. The van der Waals surface area contributed by atoms with Crippen LogP contribution in [-0.2, 0) is 19.1 Å². The molecule has 1 aliphatic heterocycles. The number of aromatic nitrogens is 1. The third-order valence-electron chi connectivity index (χ3n) is 3.84. The molecule has 2 aromatic rings. The van der Waals surface area contributed by atoms with E-state index in [9.17, 15) is 14.4 Å². The van der Waals surface area contributed by atoms with Gasteiger partial charge in [-0.05, 0) is 31.2 Å². The van der Waals surface area contributed by atoms with Crippen molar-refractivity contribution in [1.82, 2.24) is 5.16 Å². The van der Waals surface area contributed by atoms with Crippen LogP contribution in [0.25, 0.3) is 0 Å². The molecule has 9 heteroatoms. The maximum Gasteiger partial charge on any atom is 0.311 e. The van der Waals surface area contributed by atoms with E-state index in [0.29, 0.717) is 16.5 Å². The number of benzene rings is 1. The van der Waals surface area contributed by atoms with Crippen LogP contribution in [0.15, 0.2) is 34.9 Å². The van der Waals surface area contributed by atoms with Crippen molar-refractivity contribution < 1.29 is 23.6 Å². The van der Waals surface area contributed by atoms with Gasteiger partial charge in [-0.25, -0.2) is 0 Å². The van der Waals surface area contributed by atoms with Gasteiger partial charge in [-0.15, -0.1) is 0 Å². The van der Waals surface area contributed by atoms with E-state index in [-0.39, 0.29) is 24.7 Å². The molecular weight excluding hydrogens is 362 g/mol. The molecule has 26 heavy (non-hydrogen) atoms. The molecule has 3 rings (SSSR count). The van der Waals surface area contributed by atoms with Crippen LogP contribution >= 0.6 is 11.6 Å². The van der Waals surface area contributed by atoms with Gasteiger partial charge in [0.2, 0.25) is 5.91 Å². The maximum absolute atomic E-state index is 12.1. The van der Waals surface area contributed by atoms with Crippen molar-refractivity contribution in [3.63, 3.8) is 0 Å². The Morgan fingerprint density at radius 3 is 2.77 bits per heavy atom. The van der Waals surface area contributed by atoms with E-state index in [1.54, 1.807) is 37.3 Å². The Kier molecular flexibility index (Phi) is 5.22. The van der Waals surface area contributed by atoms with E-state index >= 15 is 0 Å². The lowest BCUT2D eigenvalue weighted by Crippen LogP contribution is -2.28. The molecular formula is C17H16ClN3O5. The second-order valence-corrected chi connectivity index (χ2v) is 6.30. The Labute approximate surface area is 154 Å². The highest BCUT2D eigenvalue weighted by molar-refractivity contribution is 6.30. The molecule has 2 heterocycles. The Morgan fingerprint density at radius 2 is 2.12 bits per heavy atom. The number of nitrogens with one attached hydrogen (secondary N) is 1. The van der Waals surface area contributed by atoms with Gasteiger partial charge in [0, 0.05) is 29.7 Å². The predicted molar refractivity (Wildman–Crippen MR) is 92.7 cm³/mol. The monoisotopic (exact) mass is 377 g/mol. The Morgan fingerprint density at radius 1 is 1.38 bits per heavy atom. The third kappa shape index (κ3) is 4.20. The summed E-state index contributed by atoms with van der Waals surface area (Å²) in [6.07, 6.45) is 0.0333. The first-order valence-electron chi connectivity index (χ1n) is 7.88. The summed E-state index contributed by atoms with van der Waals surface area (Å²) in [5, 5.41) is 6.62. The van der Waals surface area contributed by atoms with Crippen molar-refractivity contribution in [2.75, 3.05) is 23.4 Å². The minimum absolute atomic E-state index is 0.0333. The van der Waals surface area contributed by atoms with E-state index in [0.717, 1.165) is 0 Å². The molecule has 136 valence electrons. The van der Waals surface area contributed by atoms with Gasteiger partial charge in [-0.1, -0.05) is 16.8 Å². The highest BCUT2D eigenvalue weighted by Crippen LogP contribution is 2.26. The summed E-state index contributed by atoms with van der Waals surface area (Å²) in [7, 11) is 0.